The van der Waals surface area contributed by atoms with Crippen LogP contribution in [0.4, 0.5) is 0 Å². The number of methoxy groups -OCH3 is 1. The first kappa shape index (κ1) is 18.1. The standard InChI is InChI=1S/C20H21O3PS/c1-21-19-11-5-10-18-17(19)9-6-12-20(18)25-14-16(23-24)13-22-15-7-3-2-4-8-15/h2-12,16H,13-14,24H2,1H3. The van der Waals surface area contributed by atoms with Gasteiger partial charge in [0.25, 0.3) is 0 Å². The predicted octanol–water partition coefficient (Wildman–Crippen LogP) is 5.19. The Balaban J connectivity index is 1.66. The van der Waals surface area contributed by atoms with Gasteiger partial charge in [-0.2, -0.15) is 0 Å². The van der Waals surface area contributed by atoms with Crippen LogP contribution in [0.15, 0.2) is 71.6 Å². The lowest BCUT2D eigenvalue weighted by molar-refractivity contribution is 0.168. The SMILES string of the molecule is COc1cccc2c(SCC(COc3ccccc3)OP)cccc12. The molecule has 0 aliphatic rings. The zero-order chi connectivity index (χ0) is 17.5. The molecule has 3 aromatic carbocycles. The molecule has 0 spiro atoms. The summed E-state index contributed by atoms with van der Waals surface area (Å²) in [5, 5.41) is 2.32. The van der Waals surface area contributed by atoms with E-state index in [-0.39, 0.29) is 6.10 Å². The summed E-state index contributed by atoms with van der Waals surface area (Å²) in [5.41, 5.74) is 0. The zero-order valence-corrected chi connectivity index (χ0v) is 16.0. The second-order valence-corrected chi connectivity index (χ2v) is 6.84. The van der Waals surface area contributed by atoms with Crippen molar-refractivity contribution in [1.82, 2.24) is 0 Å². The van der Waals surface area contributed by atoms with Gasteiger partial charge in [-0.15, -0.1) is 11.8 Å². The fraction of sp³-hybridized carbons (Fsp3) is 0.200. The van der Waals surface area contributed by atoms with E-state index in [1.54, 1.807) is 18.9 Å². The molecule has 0 fully saturated rings. The van der Waals surface area contributed by atoms with Gasteiger partial charge in [-0.05, 0) is 29.7 Å². The summed E-state index contributed by atoms with van der Waals surface area (Å²) in [7, 11) is 4.05. The predicted molar refractivity (Wildman–Crippen MR) is 108 cm³/mol. The highest BCUT2D eigenvalue weighted by molar-refractivity contribution is 7.99. The van der Waals surface area contributed by atoms with Crippen LogP contribution < -0.4 is 9.47 Å². The average Bonchev–Trinajstić information content (AvgIpc) is 2.68. The molecular weight excluding hydrogens is 351 g/mol. The number of ether oxygens (including phenoxy) is 2. The van der Waals surface area contributed by atoms with Crippen LogP contribution in [-0.4, -0.2) is 25.6 Å². The molecule has 0 radical (unpaired) electrons. The van der Waals surface area contributed by atoms with E-state index >= 15 is 0 Å². The van der Waals surface area contributed by atoms with Gasteiger partial charge in [0.2, 0.25) is 0 Å². The van der Waals surface area contributed by atoms with Gasteiger partial charge in [0.1, 0.15) is 24.2 Å². The Labute approximate surface area is 155 Å². The number of hydrogen-bond donors (Lipinski definition) is 0. The Morgan fingerprint density at radius 1 is 0.920 bits per heavy atom. The van der Waals surface area contributed by atoms with Crippen LogP contribution >= 0.6 is 21.2 Å². The Morgan fingerprint density at radius 2 is 1.68 bits per heavy atom. The molecule has 2 unspecified atom stereocenters. The first-order valence-electron chi connectivity index (χ1n) is 8.03. The van der Waals surface area contributed by atoms with Crippen molar-refractivity contribution in [3.8, 4) is 11.5 Å². The summed E-state index contributed by atoms with van der Waals surface area (Å²) in [6.07, 6.45) is -0.0175. The topological polar surface area (TPSA) is 27.7 Å². The summed E-state index contributed by atoms with van der Waals surface area (Å²) in [4.78, 5) is 1.21. The molecule has 3 rings (SSSR count). The molecule has 3 aromatic rings. The van der Waals surface area contributed by atoms with E-state index in [2.05, 4.69) is 33.7 Å². The largest absolute Gasteiger partial charge is 0.496 e. The van der Waals surface area contributed by atoms with Crippen LogP contribution in [0.3, 0.4) is 0 Å². The first-order chi connectivity index (χ1) is 12.3. The third kappa shape index (κ3) is 4.66. The van der Waals surface area contributed by atoms with Gasteiger partial charge in [-0.1, -0.05) is 42.5 Å². The van der Waals surface area contributed by atoms with E-state index in [9.17, 15) is 0 Å². The molecule has 0 saturated heterocycles. The molecule has 0 amide bonds. The lowest BCUT2D eigenvalue weighted by atomic mass is 10.1. The highest BCUT2D eigenvalue weighted by Gasteiger charge is 2.12. The molecule has 3 nitrogen and oxygen atoms in total. The van der Waals surface area contributed by atoms with Crippen molar-refractivity contribution in [2.45, 2.75) is 11.0 Å². The van der Waals surface area contributed by atoms with Crippen LogP contribution in [0.1, 0.15) is 0 Å². The molecule has 0 aliphatic heterocycles. The van der Waals surface area contributed by atoms with Gasteiger partial charge in [0.05, 0.1) is 7.11 Å². The average molecular weight is 372 g/mol. The Morgan fingerprint density at radius 3 is 2.44 bits per heavy atom. The third-order valence-corrected chi connectivity index (χ3v) is 5.45. The Bertz CT molecular complexity index is 810. The number of fused-ring (bicyclic) bond motifs is 1. The van der Waals surface area contributed by atoms with Crippen molar-refractivity contribution in [1.29, 1.82) is 0 Å². The van der Waals surface area contributed by atoms with E-state index in [0.29, 0.717) is 6.61 Å². The highest BCUT2D eigenvalue weighted by atomic mass is 32.2. The number of benzene rings is 3. The van der Waals surface area contributed by atoms with Crippen LogP contribution in [0.2, 0.25) is 0 Å². The van der Waals surface area contributed by atoms with E-state index < -0.39 is 0 Å². The molecule has 5 heteroatoms. The summed E-state index contributed by atoms with van der Waals surface area (Å²) in [6, 6.07) is 22.2. The molecule has 0 saturated carbocycles. The fourth-order valence-electron chi connectivity index (χ4n) is 2.57. The molecule has 130 valence electrons. The molecule has 25 heavy (non-hydrogen) atoms. The smallest absolute Gasteiger partial charge is 0.126 e. The van der Waals surface area contributed by atoms with Gasteiger partial charge in [0, 0.05) is 25.5 Å². The monoisotopic (exact) mass is 372 g/mol. The van der Waals surface area contributed by atoms with Crippen LogP contribution in [0, 0.1) is 0 Å². The number of para-hydroxylation sites is 1. The maximum Gasteiger partial charge on any atom is 0.126 e. The van der Waals surface area contributed by atoms with E-state index in [1.165, 1.54) is 10.3 Å². The molecular formula is C20H21O3PS. The van der Waals surface area contributed by atoms with Crippen LogP contribution in [0.5, 0.6) is 11.5 Å². The van der Waals surface area contributed by atoms with Crippen molar-refractivity contribution < 1.29 is 14.0 Å². The summed E-state index contributed by atoms with van der Waals surface area (Å²) >= 11 is 1.76. The minimum absolute atomic E-state index is 0.0175. The fourth-order valence-corrected chi connectivity index (χ4v) is 3.93. The van der Waals surface area contributed by atoms with E-state index in [1.807, 2.05) is 42.5 Å². The van der Waals surface area contributed by atoms with Gasteiger partial charge in [0.15, 0.2) is 0 Å². The summed E-state index contributed by atoms with van der Waals surface area (Å²) in [6.45, 7) is 0.509. The van der Waals surface area contributed by atoms with Crippen molar-refractivity contribution in [2.24, 2.45) is 0 Å². The Hall–Kier alpha value is -1.74. The molecule has 0 aromatic heterocycles. The normalized spacial score (nSPS) is 12.1. The molecule has 0 heterocycles. The van der Waals surface area contributed by atoms with Crippen LogP contribution in [0.25, 0.3) is 10.8 Å². The quantitative estimate of drug-likeness (QED) is 0.401. The van der Waals surface area contributed by atoms with Crippen molar-refractivity contribution in [2.75, 3.05) is 19.5 Å². The summed E-state index contributed by atoms with van der Waals surface area (Å²) < 4.78 is 16.8. The lowest BCUT2D eigenvalue weighted by Crippen LogP contribution is -2.21. The van der Waals surface area contributed by atoms with Crippen LogP contribution in [-0.2, 0) is 4.52 Å². The maximum absolute atomic E-state index is 5.80. The van der Waals surface area contributed by atoms with Gasteiger partial charge < -0.3 is 14.0 Å². The number of rotatable bonds is 8. The molecule has 0 aliphatic carbocycles. The maximum atomic E-state index is 5.80. The molecule has 0 N–H and O–H groups in total. The van der Waals surface area contributed by atoms with E-state index in [4.69, 9.17) is 14.0 Å². The van der Waals surface area contributed by atoms with Crippen molar-refractivity contribution in [3.05, 3.63) is 66.7 Å². The first-order valence-corrected chi connectivity index (χ1v) is 9.49. The Kier molecular flexibility index (Phi) is 6.57. The molecule has 0 bridgehead atoms. The van der Waals surface area contributed by atoms with Gasteiger partial charge >= 0.3 is 0 Å². The van der Waals surface area contributed by atoms with E-state index in [0.717, 1.165) is 22.6 Å². The second-order valence-electron chi connectivity index (χ2n) is 5.50. The lowest BCUT2D eigenvalue weighted by Gasteiger charge is -2.16. The second kappa shape index (κ2) is 9.10. The number of thioether (sulfide) groups is 1. The number of hydrogen-bond acceptors (Lipinski definition) is 4. The van der Waals surface area contributed by atoms with Crippen molar-refractivity contribution in [3.63, 3.8) is 0 Å². The van der Waals surface area contributed by atoms with Gasteiger partial charge in [-0.3, -0.25) is 0 Å². The minimum atomic E-state index is -0.0175. The zero-order valence-electron chi connectivity index (χ0n) is 14.1. The third-order valence-electron chi connectivity index (χ3n) is 3.86. The highest BCUT2D eigenvalue weighted by Crippen LogP contribution is 2.33. The van der Waals surface area contributed by atoms with Crippen molar-refractivity contribution >= 4 is 32.0 Å². The van der Waals surface area contributed by atoms with Gasteiger partial charge in [-0.25, -0.2) is 0 Å². The minimum Gasteiger partial charge on any atom is -0.496 e. The summed E-state index contributed by atoms with van der Waals surface area (Å²) in [5.74, 6) is 2.55. The molecule has 2 atom stereocenters.